The number of sulfone groups is 1. The average molecular weight is 411 g/mol. The van der Waals surface area contributed by atoms with Gasteiger partial charge in [-0.3, -0.25) is 4.79 Å². The molecule has 29 heavy (non-hydrogen) atoms. The van der Waals surface area contributed by atoms with Crippen molar-refractivity contribution in [2.45, 2.75) is 43.9 Å². The minimum atomic E-state index is -3.87. The number of para-hydroxylation sites is 1. The molecule has 0 aromatic heterocycles. The molecule has 0 saturated carbocycles. The zero-order valence-corrected chi connectivity index (χ0v) is 17.7. The summed E-state index contributed by atoms with van der Waals surface area (Å²) in [5, 5.41) is 0. The quantitative estimate of drug-likeness (QED) is 0.743. The van der Waals surface area contributed by atoms with E-state index in [-0.39, 0.29) is 9.80 Å². The second-order valence-electron chi connectivity index (χ2n) is 7.93. The summed E-state index contributed by atoms with van der Waals surface area (Å²) >= 11 is 0. The Balaban J connectivity index is 1.81. The molecule has 152 valence electrons. The maximum Gasteiger partial charge on any atom is 0.267 e. The van der Waals surface area contributed by atoms with Gasteiger partial charge in [0.15, 0.2) is 4.91 Å². The van der Waals surface area contributed by atoms with Crippen LogP contribution in [0.5, 0.6) is 0 Å². The topological polar surface area (TPSA) is 57.7 Å². The molecule has 1 saturated heterocycles. The lowest BCUT2D eigenvalue weighted by molar-refractivity contribution is -0.127. The van der Waals surface area contributed by atoms with Gasteiger partial charge in [-0.2, -0.15) is 0 Å². The number of piperidine rings is 1. The van der Waals surface area contributed by atoms with Crippen LogP contribution in [0.1, 0.15) is 44.6 Å². The molecule has 0 N–H and O–H groups in total. The largest absolute Gasteiger partial charge is 0.338 e. The third-order valence-electron chi connectivity index (χ3n) is 5.64. The Morgan fingerprint density at radius 1 is 0.931 bits per heavy atom. The Kier molecular flexibility index (Phi) is 5.21. The number of fused-ring (bicyclic) bond motifs is 1. The molecule has 0 aliphatic carbocycles. The van der Waals surface area contributed by atoms with Gasteiger partial charge in [-0.1, -0.05) is 38.1 Å². The molecule has 0 bridgehead atoms. The molecule has 1 fully saturated rings. The minimum absolute atomic E-state index is 0.147. The van der Waals surface area contributed by atoms with Crippen LogP contribution in [-0.2, 0) is 14.6 Å². The first-order chi connectivity index (χ1) is 13.9. The fraction of sp³-hybridized carbons (Fsp3) is 0.348. The highest BCUT2D eigenvalue weighted by atomic mass is 32.2. The first-order valence-electron chi connectivity index (χ1n) is 10.1. The number of amides is 1. The van der Waals surface area contributed by atoms with Crippen molar-refractivity contribution in [1.29, 1.82) is 0 Å². The Bertz CT molecular complexity index is 1050. The second-order valence-corrected chi connectivity index (χ2v) is 9.82. The lowest BCUT2D eigenvalue weighted by atomic mass is 10.0. The van der Waals surface area contributed by atoms with Crippen molar-refractivity contribution in [3.05, 3.63) is 65.2 Å². The van der Waals surface area contributed by atoms with E-state index in [4.69, 9.17) is 0 Å². The summed E-state index contributed by atoms with van der Waals surface area (Å²) < 4.78 is 26.5. The standard InChI is InChI=1S/C23H26N2O3S/c1-17(2)18-10-12-19(13-11-18)25-16-22(23(26)24-14-6-3-7-15-24)29(27,28)21-9-5-4-8-20(21)25/h4-5,8-13,16-17H,3,6-7,14-15H2,1-2H3. The number of likely N-dealkylation sites (tertiary alicyclic amines) is 1. The van der Waals surface area contributed by atoms with Crippen molar-refractivity contribution in [2.75, 3.05) is 18.0 Å². The maximum absolute atomic E-state index is 13.3. The molecule has 2 aromatic rings. The second kappa shape index (κ2) is 7.67. The van der Waals surface area contributed by atoms with Gasteiger partial charge in [0.25, 0.3) is 5.91 Å². The number of anilines is 2. The Morgan fingerprint density at radius 3 is 2.24 bits per heavy atom. The van der Waals surface area contributed by atoms with Crippen molar-refractivity contribution in [3.63, 3.8) is 0 Å². The Labute approximate surface area is 172 Å². The summed E-state index contributed by atoms with van der Waals surface area (Å²) in [5.41, 5.74) is 2.61. The summed E-state index contributed by atoms with van der Waals surface area (Å²) in [6, 6.07) is 14.9. The monoisotopic (exact) mass is 410 g/mol. The number of benzene rings is 2. The van der Waals surface area contributed by atoms with E-state index in [1.54, 1.807) is 23.1 Å². The van der Waals surface area contributed by atoms with E-state index in [1.165, 1.54) is 11.8 Å². The molecule has 0 spiro atoms. The number of hydrogen-bond acceptors (Lipinski definition) is 4. The van der Waals surface area contributed by atoms with E-state index in [0.29, 0.717) is 24.7 Å². The van der Waals surface area contributed by atoms with Gasteiger partial charge in [0.05, 0.1) is 10.6 Å². The van der Waals surface area contributed by atoms with Crippen molar-refractivity contribution in [3.8, 4) is 0 Å². The molecule has 0 atom stereocenters. The fourth-order valence-corrected chi connectivity index (χ4v) is 5.45. The van der Waals surface area contributed by atoms with Crippen LogP contribution in [-0.4, -0.2) is 32.3 Å². The summed E-state index contributed by atoms with van der Waals surface area (Å²) in [6.45, 7) is 5.48. The van der Waals surface area contributed by atoms with Crippen molar-refractivity contribution < 1.29 is 13.2 Å². The molecule has 0 unspecified atom stereocenters. The molecule has 2 aliphatic heterocycles. The number of carbonyl (C=O) groups excluding carboxylic acids is 1. The van der Waals surface area contributed by atoms with Crippen molar-refractivity contribution >= 4 is 27.1 Å². The van der Waals surface area contributed by atoms with Gasteiger partial charge in [-0.05, 0) is 55.0 Å². The van der Waals surface area contributed by atoms with Crippen LogP contribution in [0.2, 0.25) is 0 Å². The van der Waals surface area contributed by atoms with Crippen LogP contribution in [0.3, 0.4) is 0 Å². The lowest BCUT2D eigenvalue weighted by Gasteiger charge is -2.32. The van der Waals surface area contributed by atoms with Crippen LogP contribution >= 0.6 is 0 Å². The van der Waals surface area contributed by atoms with E-state index >= 15 is 0 Å². The summed E-state index contributed by atoms with van der Waals surface area (Å²) in [4.78, 5) is 16.7. The zero-order chi connectivity index (χ0) is 20.6. The van der Waals surface area contributed by atoms with Crippen LogP contribution in [0.25, 0.3) is 0 Å². The molecule has 2 aliphatic rings. The fourth-order valence-electron chi connectivity index (χ4n) is 3.91. The molecule has 2 aromatic carbocycles. The van der Waals surface area contributed by atoms with E-state index in [2.05, 4.69) is 13.8 Å². The van der Waals surface area contributed by atoms with Gasteiger partial charge in [0, 0.05) is 25.0 Å². The number of rotatable bonds is 3. The first-order valence-corrected chi connectivity index (χ1v) is 11.6. The summed E-state index contributed by atoms with van der Waals surface area (Å²) in [5.74, 6) is 0.00727. The van der Waals surface area contributed by atoms with Gasteiger partial charge in [-0.25, -0.2) is 8.42 Å². The third kappa shape index (κ3) is 3.57. The van der Waals surface area contributed by atoms with Crippen molar-refractivity contribution in [2.24, 2.45) is 0 Å². The van der Waals surface area contributed by atoms with Crippen molar-refractivity contribution in [1.82, 2.24) is 4.90 Å². The van der Waals surface area contributed by atoms with E-state index in [1.807, 2.05) is 35.2 Å². The van der Waals surface area contributed by atoms with E-state index in [9.17, 15) is 13.2 Å². The molecule has 1 amide bonds. The highest BCUT2D eigenvalue weighted by Gasteiger charge is 2.37. The zero-order valence-electron chi connectivity index (χ0n) is 16.8. The normalized spacial score (nSPS) is 18.4. The number of carbonyl (C=O) groups is 1. The van der Waals surface area contributed by atoms with Gasteiger partial charge in [-0.15, -0.1) is 0 Å². The molecule has 0 radical (unpaired) electrons. The van der Waals surface area contributed by atoms with Crippen LogP contribution in [0, 0.1) is 0 Å². The van der Waals surface area contributed by atoms with Crippen LogP contribution in [0.4, 0.5) is 11.4 Å². The van der Waals surface area contributed by atoms with Gasteiger partial charge in [0.1, 0.15) is 0 Å². The molecular weight excluding hydrogens is 384 g/mol. The molecule has 4 rings (SSSR count). The van der Waals surface area contributed by atoms with Gasteiger partial charge in [0.2, 0.25) is 9.84 Å². The highest BCUT2D eigenvalue weighted by molar-refractivity contribution is 7.96. The minimum Gasteiger partial charge on any atom is -0.338 e. The van der Waals surface area contributed by atoms with E-state index < -0.39 is 15.7 Å². The molecule has 6 heteroatoms. The van der Waals surface area contributed by atoms with Crippen LogP contribution < -0.4 is 4.90 Å². The Hall–Kier alpha value is -2.60. The van der Waals surface area contributed by atoms with Gasteiger partial charge < -0.3 is 9.80 Å². The highest BCUT2D eigenvalue weighted by Crippen LogP contribution is 2.40. The van der Waals surface area contributed by atoms with Gasteiger partial charge >= 0.3 is 0 Å². The number of hydrogen-bond donors (Lipinski definition) is 0. The van der Waals surface area contributed by atoms with Crippen LogP contribution in [0.15, 0.2) is 64.5 Å². The summed E-state index contributed by atoms with van der Waals surface area (Å²) in [6.07, 6.45) is 4.40. The third-order valence-corrected chi connectivity index (χ3v) is 7.43. The number of nitrogens with zero attached hydrogens (tertiary/aromatic N) is 2. The predicted octanol–water partition coefficient (Wildman–Crippen LogP) is 4.59. The Morgan fingerprint density at radius 2 is 1.59 bits per heavy atom. The average Bonchev–Trinajstić information content (AvgIpc) is 2.74. The predicted molar refractivity (Wildman–Crippen MR) is 115 cm³/mol. The molecule has 5 nitrogen and oxygen atoms in total. The molecular formula is C23H26N2O3S. The maximum atomic E-state index is 13.3. The smallest absolute Gasteiger partial charge is 0.267 e. The van der Waals surface area contributed by atoms with E-state index in [0.717, 1.165) is 24.9 Å². The lowest BCUT2D eigenvalue weighted by Crippen LogP contribution is -2.39. The summed E-state index contributed by atoms with van der Waals surface area (Å²) in [7, 11) is -3.87. The molecule has 2 heterocycles. The first kappa shape index (κ1) is 19.7. The SMILES string of the molecule is CC(C)c1ccc(N2C=C(C(=O)N3CCCCC3)S(=O)(=O)c3ccccc32)cc1.